The van der Waals surface area contributed by atoms with E-state index in [1.165, 1.54) is 11.1 Å². The van der Waals surface area contributed by atoms with Crippen LogP contribution in [0.3, 0.4) is 0 Å². The first-order chi connectivity index (χ1) is 7.65. The van der Waals surface area contributed by atoms with Crippen molar-refractivity contribution in [2.45, 2.75) is 13.8 Å². The minimum absolute atomic E-state index is 0.549. The van der Waals surface area contributed by atoms with Crippen LogP contribution in [0, 0.1) is 13.8 Å². The molecule has 0 aliphatic heterocycles. The Labute approximate surface area is 99.9 Å². The fraction of sp³-hybridized carbons (Fsp3) is 0.154. The van der Waals surface area contributed by atoms with E-state index in [1.807, 2.05) is 18.2 Å². The van der Waals surface area contributed by atoms with Gasteiger partial charge in [-0.1, -0.05) is 17.7 Å². The lowest BCUT2D eigenvalue weighted by atomic mass is 10.1. The van der Waals surface area contributed by atoms with E-state index in [1.54, 1.807) is 18.3 Å². The van der Waals surface area contributed by atoms with Crippen molar-refractivity contribution in [2.75, 3.05) is 0 Å². The Morgan fingerprint density at radius 3 is 2.50 bits per heavy atom. The highest BCUT2D eigenvalue weighted by molar-refractivity contribution is 6.30. The van der Waals surface area contributed by atoms with Crippen molar-refractivity contribution in [3.05, 3.63) is 52.7 Å². The van der Waals surface area contributed by atoms with E-state index in [4.69, 9.17) is 16.3 Å². The highest BCUT2D eigenvalue weighted by atomic mass is 35.5. The number of aromatic nitrogens is 1. The predicted octanol–water partition coefficient (Wildman–Crippen LogP) is 4.14. The highest BCUT2D eigenvalue weighted by Gasteiger charge is 2.00. The summed E-state index contributed by atoms with van der Waals surface area (Å²) in [5.74, 6) is 1.34. The fourth-order valence-corrected chi connectivity index (χ4v) is 1.43. The molecule has 0 aliphatic carbocycles. The molecular weight excluding hydrogens is 222 g/mol. The van der Waals surface area contributed by atoms with Gasteiger partial charge in [-0.05, 0) is 43.2 Å². The van der Waals surface area contributed by atoms with Crippen LogP contribution >= 0.6 is 11.6 Å². The zero-order valence-corrected chi connectivity index (χ0v) is 9.95. The molecule has 1 heterocycles. The predicted molar refractivity (Wildman–Crippen MR) is 65.2 cm³/mol. The smallest absolute Gasteiger partial charge is 0.219 e. The molecule has 16 heavy (non-hydrogen) atoms. The van der Waals surface area contributed by atoms with Gasteiger partial charge >= 0.3 is 0 Å². The maximum atomic E-state index is 5.74. The number of benzene rings is 1. The summed E-state index contributed by atoms with van der Waals surface area (Å²) in [6.45, 7) is 4.12. The summed E-state index contributed by atoms with van der Waals surface area (Å²) in [5.41, 5.74) is 2.45. The molecule has 0 radical (unpaired) electrons. The first kappa shape index (κ1) is 11.0. The maximum Gasteiger partial charge on any atom is 0.219 e. The van der Waals surface area contributed by atoms with Crippen LogP contribution in [-0.2, 0) is 0 Å². The summed E-state index contributed by atoms with van der Waals surface area (Å²) in [7, 11) is 0. The van der Waals surface area contributed by atoms with E-state index in [-0.39, 0.29) is 0 Å². The summed E-state index contributed by atoms with van der Waals surface area (Å²) >= 11 is 5.74. The molecule has 82 valence electrons. The minimum Gasteiger partial charge on any atom is -0.439 e. The SMILES string of the molecule is Cc1ccc(Oc2ccc(Cl)cn2)cc1C. The number of halogens is 1. The molecule has 2 nitrogen and oxygen atoms in total. The molecule has 1 aromatic heterocycles. The molecule has 0 fully saturated rings. The first-order valence-corrected chi connectivity index (χ1v) is 5.39. The molecule has 2 rings (SSSR count). The lowest BCUT2D eigenvalue weighted by molar-refractivity contribution is 0.462. The number of pyridine rings is 1. The molecule has 0 bridgehead atoms. The van der Waals surface area contributed by atoms with Gasteiger partial charge in [0.1, 0.15) is 5.75 Å². The second-order valence-corrected chi connectivity index (χ2v) is 4.10. The van der Waals surface area contributed by atoms with Crippen molar-refractivity contribution in [2.24, 2.45) is 0 Å². The average molecular weight is 234 g/mol. The zero-order chi connectivity index (χ0) is 11.5. The van der Waals surface area contributed by atoms with Crippen molar-refractivity contribution in [3.8, 4) is 11.6 Å². The third kappa shape index (κ3) is 2.52. The van der Waals surface area contributed by atoms with Gasteiger partial charge in [-0.25, -0.2) is 4.98 Å². The van der Waals surface area contributed by atoms with Gasteiger partial charge < -0.3 is 4.74 Å². The molecule has 1 aromatic carbocycles. The molecule has 2 aromatic rings. The number of rotatable bonds is 2. The first-order valence-electron chi connectivity index (χ1n) is 5.02. The van der Waals surface area contributed by atoms with Crippen LogP contribution in [0.15, 0.2) is 36.5 Å². The Morgan fingerprint density at radius 1 is 1.06 bits per heavy atom. The van der Waals surface area contributed by atoms with E-state index in [2.05, 4.69) is 18.8 Å². The lowest BCUT2D eigenvalue weighted by Crippen LogP contribution is -1.88. The van der Waals surface area contributed by atoms with Gasteiger partial charge in [0.2, 0.25) is 5.88 Å². The topological polar surface area (TPSA) is 22.1 Å². The molecule has 0 N–H and O–H groups in total. The van der Waals surface area contributed by atoms with Crippen LogP contribution in [0.2, 0.25) is 5.02 Å². The average Bonchev–Trinajstić information content (AvgIpc) is 2.27. The molecule has 0 saturated carbocycles. The number of nitrogens with zero attached hydrogens (tertiary/aromatic N) is 1. The maximum absolute atomic E-state index is 5.74. The Hall–Kier alpha value is -1.54. The third-order valence-electron chi connectivity index (χ3n) is 2.40. The van der Waals surface area contributed by atoms with Gasteiger partial charge in [0, 0.05) is 12.3 Å². The molecule has 0 saturated heterocycles. The van der Waals surface area contributed by atoms with E-state index >= 15 is 0 Å². The number of ether oxygens (including phenoxy) is 1. The number of hydrogen-bond donors (Lipinski definition) is 0. The third-order valence-corrected chi connectivity index (χ3v) is 2.62. The van der Waals surface area contributed by atoms with Crippen molar-refractivity contribution in [1.29, 1.82) is 0 Å². The second kappa shape index (κ2) is 4.54. The summed E-state index contributed by atoms with van der Waals surface area (Å²) in [6, 6.07) is 9.45. The molecule has 0 unspecified atom stereocenters. The van der Waals surface area contributed by atoms with Crippen molar-refractivity contribution in [3.63, 3.8) is 0 Å². The monoisotopic (exact) mass is 233 g/mol. The van der Waals surface area contributed by atoms with Crippen LogP contribution in [0.4, 0.5) is 0 Å². The zero-order valence-electron chi connectivity index (χ0n) is 9.20. The van der Waals surface area contributed by atoms with Crippen LogP contribution in [0.1, 0.15) is 11.1 Å². The molecule has 0 aliphatic rings. The lowest BCUT2D eigenvalue weighted by Gasteiger charge is -2.06. The van der Waals surface area contributed by atoms with Crippen LogP contribution in [-0.4, -0.2) is 4.98 Å². The van der Waals surface area contributed by atoms with Gasteiger partial charge in [0.05, 0.1) is 5.02 Å². The van der Waals surface area contributed by atoms with Crippen molar-refractivity contribution < 1.29 is 4.74 Å². The molecule has 3 heteroatoms. The fourth-order valence-electron chi connectivity index (χ4n) is 1.32. The van der Waals surface area contributed by atoms with Crippen LogP contribution in [0.5, 0.6) is 11.6 Å². The number of aryl methyl sites for hydroxylation is 2. The van der Waals surface area contributed by atoms with E-state index < -0.39 is 0 Å². The van der Waals surface area contributed by atoms with Gasteiger partial charge in [0.15, 0.2) is 0 Å². The summed E-state index contributed by atoms with van der Waals surface area (Å²) in [5, 5.41) is 0.604. The summed E-state index contributed by atoms with van der Waals surface area (Å²) in [6.07, 6.45) is 1.57. The normalized spacial score (nSPS) is 10.2. The van der Waals surface area contributed by atoms with Gasteiger partial charge in [-0.3, -0.25) is 0 Å². The Morgan fingerprint density at radius 2 is 1.88 bits per heavy atom. The Bertz CT molecular complexity index is 494. The van der Waals surface area contributed by atoms with E-state index in [9.17, 15) is 0 Å². The molecular formula is C13H12ClNO. The van der Waals surface area contributed by atoms with Crippen molar-refractivity contribution >= 4 is 11.6 Å². The Kier molecular flexibility index (Phi) is 3.11. The van der Waals surface area contributed by atoms with Gasteiger partial charge in [0.25, 0.3) is 0 Å². The molecule has 0 atom stereocenters. The second-order valence-electron chi connectivity index (χ2n) is 3.66. The van der Waals surface area contributed by atoms with E-state index in [0.29, 0.717) is 10.9 Å². The Balaban J connectivity index is 2.20. The summed E-state index contributed by atoms with van der Waals surface area (Å²) < 4.78 is 5.60. The quantitative estimate of drug-likeness (QED) is 0.778. The standard InChI is InChI=1S/C13H12ClNO/c1-9-3-5-12(7-10(9)2)16-13-6-4-11(14)8-15-13/h3-8H,1-2H3. The van der Waals surface area contributed by atoms with Gasteiger partial charge in [-0.2, -0.15) is 0 Å². The minimum atomic E-state index is 0.549. The highest BCUT2D eigenvalue weighted by Crippen LogP contribution is 2.22. The van der Waals surface area contributed by atoms with Crippen molar-refractivity contribution in [1.82, 2.24) is 4.98 Å². The van der Waals surface area contributed by atoms with Gasteiger partial charge in [-0.15, -0.1) is 0 Å². The molecule has 0 amide bonds. The largest absolute Gasteiger partial charge is 0.439 e. The van der Waals surface area contributed by atoms with E-state index in [0.717, 1.165) is 5.75 Å². The van der Waals surface area contributed by atoms with Crippen LogP contribution < -0.4 is 4.74 Å². The molecule has 0 spiro atoms. The summed E-state index contributed by atoms with van der Waals surface area (Å²) in [4.78, 5) is 4.07. The number of hydrogen-bond acceptors (Lipinski definition) is 2. The van der Waals surface area contributed by atoms with Crippen LogP contribution in [0.25, 0.3) is 0 Å².